The third kappa shape index (κ3) is 11.7. The van der Waals surface area contributed by atoms with Crippen molar-refractivity contribution in [2.75, 3.05) is 18.5 Å². The molecule has 8 heteroatoms. The van der Waals surface area contributed by atoms with E-state index in [0.717, 1.165) is 13.2 Å². The third-order valence-electron chi connectivity index (χ3n) is 5.04. The number of nitrogens with zero attached hydrogens (tertiary/aromatic N) is 1. The van der Waals surface area contributed by atoms with Crippen LogP contribution < -0.4 is 5.32 Å². The molecule has 0 aliphatic rings. The summed E-state index contributed by atoms with van der Waals surface area (Å²) in [6, 6.07) is 16.9. The van der Waals surface area contributed by atoms with Gasteiger partial charge in [-0.05, 0) is 70.2 Å². The average molecular weight is 562 g/mol. The number of ketones is 1. The molecule has 0 radical (unpaired) electrons. The van der Waals surface area contributed by atoms with Crippen LogP contribution in [0.1, 0.15) is 79.6 Å². The van der Waals surface area contributed by atoms with Crippen LogP contribution in [0.15, 0.2) is 60.7 Å². The van der Waals surface area contributed by atoms with Gasteiger partial charge in [-0.15, -0.1) is 0 Å². The van der Waals surface area contributed by atoms with Gasteiger partial charge in [-0.2, -0.15) is 0 Å². The van der Waals surface area contributed by atoms with Crippen molar-refractivity contribution in [3.8, 4) is 0 Å². The number of ether oxygens (including phenoxy) is 2. The van der Waals surface area contributed by atoms with Crippen LogP contribution in [0.4, 0.5) is 5.69 Å². The minimum Gasteiger partial charge on any atom is -0.353 e. The molecule has 1 amide bonds. The lowest BCUT2D eigenvalue weighted by Crippen LogP contribution is -2.15. The topological polar surface area (TPSA) is 77.5 Å². The molecule has 3 aromatic rings. The van der Waals surface area contributed by atoms with Crippen LogP contribution in [0.2, 0.25) is 10.0 Å². The maximum atomic E-state index is 12.7. The van der Waals surface area contributed by atoms with Crippen LogP contribution >= 0.6 is 23.2 Å². The molecule has 1 heterocycles. The number of carbonyl (C=O) groups is 2. The van der Waals surface area contributed by atoms with Crippen molar-refractivity contribution >= 4 is 40.6 Å². The van der Waals surface area contributed by atoms with Gasteiger partial charge in [0.2, 0.25) is 5.78 Å². The molecule has 206 valence electrons. The summed E-state index contributed by atoms with van der Waals surface area (Å²) in [4.78, 5) is 29.5. The van der Waals surface area contributed by atoms with E-state index in [1.807, 2.05) is 39.0 Å². The summed E-state index contributed by atoms with van der Waals surface area (Å²) in [6.07, 6.45) is 2.60. The Labute approximate surface area is 236 Å². The molecule has 1 aromatic heterocycles. The Kier molecular flexibility index (Phi) is 16.2. The van der Waals surface area contributed by atoms with Gasteiger partial charge < -0.3 is 14.8 Å². The number of hydrogen-bond acceptors (Lipinski definition) is 5. The lowest BCUT2D eigenvalue weighted by atomic mass is 10.1. The Morgan fingerprint density at radius 2 is 1.45 bits per heavy atom. The molecule has 0 aliphatic carbocycles. The number of rotatable bonds is 9. The smallest absolute Gasteiger partial charge is 0.257 e. The second-order valence-corrected chi connectivity index (χ2v) is 8.90. The van der Waals surface area contributed by atoms with Gasteiger partial charge in [0, 0.05) is 29.5 Å². The van der Waals surface area contributed by atoms with E-state index in [2.05, 4.69) is 24.1 Å². The molecule has 0 saturated carbocycles. The Hall–Kier alpha value is -2.77. The molecule has 0 spiro atoms. The lowest BCUT2D eigenvalue weighted by molar-refractivity contribution is -0.123. The lowest BCUT2D eigenvalue weighted by Gasteiger charge is -2.10. The van der Waals surface area contributed by atoms with Crippen LogP contribution in [0.3, 0.4) is 0 Å². The molecule has 2 aromatic carbocycles. The second kappa shape index (κ2) is 18.5. The maximum absolute atomic E-state index is 12.7. The molecule has 0 fully saturated rings. The molecule has 0 saturated heterocycles. The predicted octanol–water partition coefficient (Wildman–Crippen LogP) is 8.39. The Morgan fingerprint density at radius 3 is 1.95 bits per heavy atom. The SMILES string of the molecule is CCCC.CCOC(C)OCC.Cc1nc(C(=O)c2ccc(Cl)cc2)cc(C(=O)Nc2ccccc2)c1Cl. The van der Waals surface area contributed by atoms with E-state index >= 15 is 0 Å². The minimum absolute atomic E-state index is 0.0370. The van der Waals surface area contributed by atoms with Gasteiger partial charge in [0.25, 0.3) is 5.91 Å². The number of anilines is 1. The van der Waals surface area contributed by atoms with E-state index in [0.29, 0.717) is 22.0 Å². The van der Waals surface area contributed by atoms with Gasteiger partial charge in [0.15, 0.2) is 6.29 Å². The molecule has 0 bridgehead atoms. The molecule has 0 atom stereocenters. The van der Waals surface area contributed by atoms with E-state index in [1.165, 1.54) is 18.9 Å². The first-order chi connectivity index (χ1) is 18.2. The quantitative estimate of drug-likeness (QED) is 0.210. The van der Waals surface area contributed by atoms with Gasteiger partial charge in [0.1, 0.15) is 5.69 Å². The number of hydrogen-bond donors (Lipinski definition) is 1. The zero-order valence-corrected chi connectivity index (χ0v) is 24.5. The first-order valence-corrected chi connectivity index (χ1v) is 13.5. The normalized spacial score (nSPS) is 10.1. The minimum atomic E-state index is -0.406. The van der Waals surface area contributed by atoms with Gasteiger partial charge in [-0.25, -0.2) is 4.98 Å². The first kappa shape index (κ1) is 33.3. The van der Waals surface area contributed by atoms with Gasteiger partial charge in [-0.3, -0.25) is 9.59 Å². The highest BCUT2D eigenvalue weighted by molar-refractivity contribution is 6.35. The summed E-state index contributed by atoms with van der Waals surface area (Å²) >= 11 is 12.1. The number of carbonyl (C=O) groups excluding carboxylic acids is 2. The van der Waals surface area contributed by atoms with Crippen molar-refractivity contribution in [1.29, 1.82) is 0 Å². The third-order valence-corrected chi connectivity index (χ3v) is 5.77. The average Bonchev–Trinajstić information content (AvgIpc) is 2.91. The first-order valence-electron chi connectivity index (χ1n) is 12.7. The number of pyridine rings is 1. The molecule has 3 rings (SSSR count). The summed E-state index contributed by atoms with van der Waals surface area (Å²) < 4.78 is 10.1. The van der Waals surface area contributed by atoms with Crippen molar-refractivity contribution in [2.24, 2.45) is 0 Å². The zero-order chi connectivity index (χ0) is 28.5. The fourth-order valence-electron chi connectivity index (χ4n) is 2.93. The number of aromatic nitrogens is 1. The molecular formula is C30H38Cl2N2O4. The van der Waals surface area contributed by atoms with E-state index < -0.39 is 5.91 Å². The van der Waals surface area contributed by atoms with Crippen molar-refractivity contribution in [3.05, 3.63) is 93.2 Å². The van der Waals surface area contributed by atoms with Gasteiger partial charge >= 0.3 is 0 Å². The number of para-hydroxylation sites is 1. The van der Waals surface area contributed by atoms with E-state index in [9.17, 15) is 9.59 Å². The van der Waals surface area contributed by atoms with Crippen LogP contribution in [0.5, 0.6) is 0 Å². The highest BCUT2D eigenvalue weighted by Gasteiger charge is 2.19. The molecule has 1 N–H and O–H groups in total. The molecule has 38 heavy (non-hydrogen) atoms. The Morgan fingerprint density at radius 1 is 0.895 bits per heavy atom. The number of nitrogens with one attached hydrogen (secondary N) is 1. The molecule has 0 aliphatic heterocycles. The number of aryl methyl sites for hydroxylation is 1. The highest BCUT2D eigenvalue weighted by atomic mass is 35.5. The number of benzene rings is 2. The largest absolute Gasteiger partial charge is 0.353 e. The standard InChI is InChI=1S/C20H14Cl2N2O2.C6H14O2.C4H10/c1-12-18(22)16(20(26)24-15-5-3-2-4-6-15)11-17(23-12)19(25)13-7-9-14(21)10-8-13;1-4-7-6(3)8-5-2;1-3-4-2/h2-11H,1H3,(H,24,26);6H,4-5H2,1-3H3;3-4H2,1-2H3. The molecular weight excluding hydrogens is 523 g/mol. The van der Waals surface area contributed by atoms with Crippen molar-refractivity contribution in [1.82, 2.24) is 4.98 Å². The summed E-state index contributed by atoms with van der Waals surface area (Å²) in [5, 5.41) is 3.51. The zero-order valence-electron chi connectivity index (χ0n) is 23.0. The van der Waals surface area contributed by atoms with Crippen LogP contribution in [-0.2, 0) is 9.47 Å². The molecule has 0 unspecified atom stereocenters. The summed E-state index contributed by atoms with van der Waals surface area (Å²) in [5.41, 5.74) is 1.81. The Balaban J connectivity index is 0.000000504. The summed E-state index contributed by atoms with van der Waals surface area (Å²) in [6.45, 7) is 13.3. The summed E-state index contributed by atoms with van der Waals surface area (Å²) in [7, 11) is 0. The van der Waals surface area contributed by atoms with Crippen LogP contribution in [-0.4, -0.2) is 36.2 Å². The second-order valence-electron chi connectivity index (χ2n) is 8.09. The number of unbranched alkanes of at least 4 members (excludes halogenated alkanes) is 1. The van der Waals surface area contributed by atoms with Gasteiger partial charge in [0.05, 0.1) is 16.3 Å². The fourth-order valence-corrected chi connectivity index (χ4v) is 3.23. The van der Waals surface area contributed by atoms with Crippen molar-refractivity contribution in [3.63, 3.8) is 0 Å². The molecule has 6 nitrogen and oxygen atoms in total. The van der Waals surface area contributed by atoms with Crippen LogP contribution in [0, 0.1) is 6.92 Å². The fraction of sp³-hybridized carbons (Fsp3) is 0.367. The van der Waals surface area contributed by atoms with Gasteiger partial charge in [-0.1, -0.05) is 68.1 Å². The number of halogens is 2. The predicted molar refractivity (Wildman–Crippen MR) is 157 cm³/mol. The van der Waals surface area contributed by atoms with E-state index in [4.69, 9.17) is 32.7 Å². The van der Waals surface area contributed by atoms with Crippen LogP contribution in [0.25, 0.3) is 0 Å². The maximum Gasteiger partial charge on any atom is 0.257 e. The Bertz CT molecular complexity index is 1120. The van der Waals surface area contributed by atoms with Crippen molar-refractivity contribution < 1.29 is 19.1 Å². The van der Waals surface area contributed by atoms with E-state index in [-0.39, 0.29) is 28.4 Å². The van der Waals surface area contributed by atoms with E-state index in [1.54, 1.807) is 43.3 Å². The van der Waals surface area contributed by atoms with Crippen molar-refractivity contribution in [2.45, 2.75) is 60.7 Å². The highest BCUT2D eigenvalue weighted by Crippen LogP contribution is 2.23. The monoisotopic (exact) mass is 560 g/mol. The summed E-state index contributed by atoms with van der Waals surface area (Å²) in [5.74, 6) is -0.716. The number of amides is 1.